The second kappa shape index (κ2) is 5.44. The van der Waals surface area contributed by atoms with E-state index in [1.54, 1.807) is 24.5 Å². The summed E-state index contributed by atoms with van der Waals surface area (Å²) in [5.41, 5.74) is 6.29. The van der Waals surface area contributed by atoms with Gasteiger partial charge < -0.3 is 10.5 Å². The molecule has 1 aromatic heterocycles. The summed E-state index contributed by atoms with van der Waals surface area (Å²) < 4.78 is 6.33. The molecule has 2 aromatic rings. The first-order valence-electron chi connectivity index (χ1n) is 4.83. The first kappa shape index (κ1) is 12.3. The van der Waals surface area contributed by atoms with Crippen molar-refractivity contribution in [2.24, 2.45) is 5.73 Å². The quantitative estimate of drug-likeness (QED) is 0.945. The first-order chi connectivity index (χ1) is 8.19. The van der Waals surface area contributed by atoms with Crippen molar-refractivity contribution in [1.29, 1.82) is 0 Å². The number of halogens is 2. The van der Waals surface area contributed by atoms with Crippen molar-refractivity contribution >= 4 is 27.5 Å². The Morgan fingerprint density at radius 1 is 1.29 bits per heavy atom. The van der Waals surface area contributed by atoms with Gasteiger partial charge in [-0.25, -0.2) is 9.97 Å². The van der Waals surface area contributed by atoms with E-state index in [-0.39, 0.29) is 6.01 Å². The Hall–Kier alpha value is -1.17. The van der Waals surface area contributed by atoms with Crippen molar-refractivity contribution in [2.45, 2.75) is 6.54 Å². The molecule has 0 bridgehead atoms. The molecule has 6 heteroatoms. The Labute approximate surface area is 112 Å². The summed E-state index contributed by atoms with van der Waals surface area (Å²) in [6.07, 6.45) is 3.24. The lowest BCUT2D eigenvalue weighted by Gasteiger charge is -2.06. The summed E-state index contributed by atoms with van der Waals surface area (Å²) in [6.45, 7) is 0.402. The second-order valence-electron chi connectivity index (χ2n) is 3.25. The van der Waals surface area contributed by atoms with E-state index in [9.17, 15) is 0 Å². The third-order valence-electron chi connectivity index (χ3n) is 2.01. The normalized spacial score (nSPS) is 10.3. The Morgan fingerprint density at radius 3 is 2.59 bits per heavy atom. The Kier molecular flexibility index (Phi) is 3.93. The van der Waals surface area contributed by atoms with Crippen LogP contribution in [-0.4, -0.2) is 9.97 Å². The number of hydrogen-bond donors (Lipinski definition) is 1. The molecule has 0 unspecified atom stereocenters. The van der Waals surface area contributed by atoms with Crippen LogP contribution in [-0.2, 0) is 6.54 Å². The van der Waals surface area contributed by atoms with Crippen molar-refractivity contribution in [3.8, 4) is 11.8 Å². The molecular formula is C11H9BrClN3O. The number of rotatable bonds is 3. The molecule has 2 rings (SSSR count). The lowest BCUT2D eigenvalue weighted by atomic mass is 10.3. The fraction of sp³-hybridized carbons (Fsp3) is 0.0909. The van der Waals surface area contributed by atoms with E-state index >= 15 is 0 Å². The monoisotopic (exact) mass is 313 g/mol. The highest BCUT2D eigenvalue weighted by molar-refractivity contribution is 9.10. The molecule has 2 N–H and O–H groups in total. The summed E-state index contributed by atoms with van der Waals surface area (Å²) in [6, 6.07) is 5.55. The number of ether oxygens (including phenoxy) is 1. The SMILES string of the molecule is NCc1cnc(Oc2ccc(Br)cc2Cl)nc1. The van der Waals surface area contributed by atoms with E-state index in [2.05, 4.69) is 25.9 Å². The van der Waals surface area contributed by atoms with Crippen molar-refractivity contribution in [1.82, 2.24) is 9.97 Å². The number of nitrogens with two attached hydrogens (primary N) is 1. The fourth-order valence-electron chi connectivity index (χ4n) is 1.16. The largest absolute Gasteiger partial charge is 0.423 e. The lowest BCUT2D eigenvalue weighted by molar-refractivity contribution is 0.441. The van der Waals surface area contributed by atoms with Crippen molar-refractivity contribution in [3.63, 3.8) is 0 Å². The van der Waals surface area contributed by atoms with E-state index in [4.69, 9.17) is 22.1 Å². The molecule has 88 valence electrons. The smallest absolute Gasteiger partial charge is 0.321 e. The van der Waals surface area contributed by atoms with Crippen molar-refractivity contribution in [2.75, 3.05) is 0 Å². The van der Waals surface area contributed by atoms with E-state index < -0.39 is 0 Å². The van der Waals surface area contributed by atoms with Gasteiger partial charge in [-0.05, 0) is 18.2 Å². The van der Waals surface area contributed by atoms with Gasteiger partial charge in [-0.3, -0.25) is 0 Å². The van der Waals surface area contributed by atoms with Gasteiger partial charge >= 0.3 is 6.01 Å². The van der Waals surface area contributed by atoms with Crippen molar-refractivity contribution in [3.05, 3.63) is 45.7 Å². The molecule has 0 aliphatic carbocycles. The maximum atomic E-state index is 6.01. The van der Waals surface area contributed by atoms with Gasteiger partial charge in [0.05, 0.1) is 5.02 Å². The van der Waals surface area contributed by atoms with Gasteiger partial charge in [-0.1, -0.05) is 27.5 Å². The average molecular weight is 315 g/mol. The van der Waals surface area contributed by atoms with Crippen molar-refractivity contribution < 1.29 is 4.74 Å². The van der Waals surface area contributed by atoms with E-state index in [0.29, 0.717) is 17.3 Å². The van der Waals surface area contributed by atoms with Crippen LogP contribution in [0.2, 0.25) is 5.02 Å². The summed E-state index contributed by atoms with van der Waals surface area (Å²) in [7, 11) is 0. The van der Waals surface area contributed by atoms with Crippen LogP contribution in [0.5, 0.6) is 11.8 Å². The predicted molar refractivity (Wildman–Crippen MR) is 69.1 cm³/mol. The molecule has 0 amide bonds. The zero-order valence-electron chi connectivity index (χ0n) is 8.73. The molecule has 0 aliphatic rings. The summed E-state index contributed by atoms with van der Waals surface area (Å²) in [5.74, 6) is 0.510. The highest BCUT2D eigenvalue weighted by Crippen LogP contribution is 2.30. The van der Waals surface area contributed by atoms with Gasteiger partial charge in [-0.2, -0.15) is 0 Å². The van der Waals surface area contributed by atoms with Crippen LogP contribution in [0.1, 0.15) is 5.56 Å². The molecule has 0 radical (unpaired) electrons. The zero-order valence-corrected chi connectivity index (χ0v) is 11.1. The molecular weight excluding hydrogens is 305 g/mol. The molecule has 0 saturated heterocycles. The predicted octanol–water partition coefficient (Wildman–Crippen LogP) is 3.14. The lowest BCUT2D eigenvalue weighted by Crippen LogP contribution is -1.99. The van der Waals surface area contributed by atoms with Crippen LogP contribution >= 0.6 is 27.5 Å². The maximum Gasteiger partial charge on any atom is 0.321 e. The van der Waals surface area contributed by atoms with Crippen LogP contribution in [0.15, 0.2) is 35.1 Å². The Balaban J connectivity index is 2.19. The van der Waals surface area contributed by atoms with Crippen LogP contribution in [0, 0.1) is 0 Å². The number of nitrogens with zero attached hydrogens (tertiary/aromatic N) is 2. The van der Waals surface area contributed by atoms with Crippen LogP contribution in [0.3, 0.4) is 0 Å². The number of aromatic nitrogens is 2. The average Bonchev–Trinajstić information content (AvgIpc) is 2.34. The van der Waals surface area contributed by atoms with Crippen LogP contribution in [0.25, 0.3) is 0 Å². The van der Waals surface area contributed by atoms with Gasteiger partial charge in [0, 0.05) is 29.0 Å². The fourth-order valence-corrected chi connectivity index (χ4v) is 1.87. The zero-order chi connectivity index (χ0) is 12.3. The second-order valence-corrected chi connectivity index (χ2v) is 4.58. The molecule has 1 aromatic carbocycles. The van der Waals surface area contributed by atoms with E-state index in [1.165, 1.54) is 0 Å². The van der Waals surface area contributed by atoms with Crippen LogP contribution < -0.4 is 10.5 Å². The third kappa shape index (κ3) is 3.15. The first-order valence-corrected chi connectivity index (χ1v) is 6.00. The molecule has 0 spiro atoms. The molecule has 17 heavy (non-hydrogen) atoms. The highest BCUT2D eigenvalue weighted by atomic mass is 79.9. The minimum absolute atomic E-state index is 0.242. The molecule has 0 atom stereocenters. The summed E-state index contributed by atoms with van der Waals surface area (Å²) in [4.78, 5) is 8.05. The van der Waals surface area contributed by atoms with Gasteiger partial charge in [-0.15, -0.1) is 0 Å². The molecule has 4 nitrogen and oxygen atoms in total. The summed E-state index contributed by atoms with van der Waals surface area (Å²) in [5, 5.41) is 0.492. The molecule has 1 heterocycles. The minimum atomic E-state index is 0.242. The van der Waals surface area contributed by atoms with Gasteiger partial charge in [0.2, 0.25) is 0 Å². The Bertz CT molecular complexity index is 519. The van der Waals surface area contributed by atoms with Gasteiger partial charge in [0.25, 0.3) is 0 Å². The molecule has 0 saturated carbocycles. The maximum absolute atomic E-state index is 6.01. The van der Waals surface area contributed by atoms with E-state index in [0.717, 1.165) is 10.0 Å². The summed E-state index contributed by atoms with van der Waals surface area (Å²) >= 11 is 9.32. The highest BCUT2D eigenvalue weighted by Gasteiger charge is 2.05. The number of benzene rings is 1. The topological polar surface area (TPSA) is 61.0 Å². The standard InChI is InChI=1S/C11H9BrClN3O/c12-8-1-2-10(9(13)3-8)17-11-15-5-7(4-14)6-16-11/h1-3,5-6H,4,14H2. The van der Waals surface area contributed by atoms with Gasteiger partial charge in [0.1, 0.15) is 5.75 Å². The molecule has 0 aliphatic heterocycles. The van der Waals surface area contributed by atoms with Crippen LogP contribution in [0.4, 0.5) is 0 Å². The van der Waals surface area contributed by atoms with Gasteiger partial charge in [0.15, 0.2) is 0 Å². The van der Waals surface area contributed by atoms with E-state index in [1.807, 2.05) is 6.07 Å². The minimum Gasteiger partial charge on any atom is -0.423 e. The Morgan fingerprint density at radius 2 is 2.00 bits per heavy atom. The third-order valence-corrected chi connectivity index (χ3v) is 2.80. The molecule has 0 fully saturated rings. The number of hydrogen-bond acceptors (Lipinski definition) is 4.